The lowest BCUT2D eigenvalue weighted by Gasteiger charge is -1.99. The number of hydrogen-bond acceptors (Lipinski definition) is 1. The minimum atomic E-state index is 0.744. The van der Waals surface area contributed by atoms with Crippen LogP contribution in [0.1, 0.15) is 17.8 Å². The summed E-state index contributed by atoms with van der Waals surface area (Å²) >= 11 is 0. The minimum absolute atomic E-state index is 0.744. The van der Waals surface area contributed by atoms with Gasteiger partial charge in [0.25, 0.3) is 0 Å². The summed E-state index contributed by atoms with van der Waals surface area (Å²) in [6, 6.07) is 6.00. The van der Waals surface area contributed by atoms with E-state index < -0.39 is 0 Å². The summed E-state index contributed by atoms with van der Waals surface area (Å²) in [5.41, 5.74) is 4.82. The van der Waals surface area contributed by atoms with Crippen molar-refractivity contribution >= 4 is 0 Å². The van der Waals surface area contributed by atoms with Crippen LogP contribution >= 0.6 is 0 Å². The Bertz CT molecular complexity index is 378. The summed E-state index contributed by atoms with van der Waals surface area (Å²) in [4.78, 5) is 4.45. The van der Waals surface area contributed by atoms with Gasteiger partial charge >= 0.3 is 0 Å². The maximum absolute atomic E-state index is 5.19. The van der Waals surface area contributed by atoms with Crippen LogP contribution in [0.15, 0.2) is 36.6 Å². The van der Waals surface area contributed by atoms with Crippen molar-refractivity contribution in [1.82, 2.24) is 4.98 Å². The second-order valence-electron chi connectivity index (χ2n) is 2.94. The second kappa shape index (κ2) is 5.80. The van der Waals surface area contributed by atoms with Crippen LogP contribution in [0.2, 0.25) is 0 Å². The van der Waals surface area contributed by atoms with Gasteiger partial charge in [0.2, 0.25) is 0 Å². The molecule has 1 nitrogen and oxygen atoms in total. The van der Waals surface area contributed by atoms with Crippen LogP contribution in [-0.4, -0.2) is 4.98 Å². The van der Waals surface area contributed by atoms with Crippen molar-refractivity contribution in [1.29, 1.82) is 0 Å². The Hall–Kier alpha value is -1.77. The summed E-state index contributed by atoms with van der Waals surface area (Å²) in [6.07, 6.45) is 9.44. The third-order valence-corrected chi connectivity index (χ3v) is 1.85. The number of aromatic nitrogens is 1. The van der Waals surface area contributed by atoms with Crippen LogP contribution in [0.3, 0.4) is 0 Å². The van der Waals surface area contributed by atoms with E-state index in [0.717, 1.165) is 30.7 Å². The molecule has 0 radical (unpaired) electrons. The molecular weight excluding hydrogens is 170 g/mol. The second-order valence-corrected chi connectivity index (χ2v) is 2.94. The van der Waals surface area contributed by atoms with Crippen molar-refractivity contribution < 1.29 is 0 Å². The fraction of sp³-hybridized carbons (Fsp3) is 0.231. The van der Waals surface area contributed by atoms with Crippen LogP contribution < -0.4 is 0 Å². The molecule has 70 valence electrons. The maximum atomic E-state index is 5.19. The topological polar surface area (TPSA) is 12.9 Å². The molecule has 1 heteroatoms. The van der Waals surface area contributed by atoms with Gasteiger partial charge in [-0.1, -0.05) is 12.6 Å². The van der Waals surface area contributed by atoms with Crippen molar-refractivity contribution in [2.75, 3.05) is 0 Å². The Balaban J connectivity index is 2.69. The van der Waals surface area contributed by atoms with E-state index in [-0.39, 0.29) is 0 Å². The Kier molecular flexibility index (Phi) is 4.27. The first-order valence-electron chi connectivity index (χ1n) is 4.59. The molecule has 1 heterocycles. The van der Waals surface area contributed by atoms with Gasteiger partial charge in [-0.25, -0.2) is 0 Å². The molecule has 0 atom stereocenters. The van der Waals surface area contributed by atoms with Gasteiger partial charge in [0, 0.05) is 30.7 Å². The summed E-state index contributed by atoms with van der Waals surface area (Å²) < 4.78 is 0. The standard InChI is InChI=1S/C13H13N/c1-3-5-8-12-10-7-11-13(14-12)9-6-4-2/h1,6-7,10-11H,2,5,8-9H2. The molecule has 0 saturated carbocycles. The fourth-order valence-electron chi connectivity index (χ4n) is 1.16. The van der Waals surface area contributed by atoms with E-state index in [2.05, 4.69) is 23.2 Å². The zero-order valence-corrected chi connectivity index (χ0v) is 8.16. The number of nitrogens with zero attached hydrogens (tertiary/aromatic N) is 1. The average molecular weight is 183 g/mol. The number of terminal acetylenes is 1. The highest BCUT2D eigenvalue weighted by Gasteiger charge is 1.95. The number of hydrogen-bond donors (Lipinski definition) is 0. The molecule has 14 heavy (non-hydrogen) atoms. The van der Waals surface area contributed by atoms with Crippen molar-refractivity contribution in [3.8, 4) is 12.3 Å². The van der Waals surface area contributed by atoms with E-state index in [1.54, 1.807) is 0 Å². The average Bonchev–Trinajstić information content (AvgIpc) is 2.24. The maximum Gasteiger partial charge on any atom is 0.0450 e. The lowest BCUT2D eigenvalue weighted by atomic mass is 10.2. The van der Waals surface area contributed by atoms with E-state index in [4.69, 9.17) is 6.42 Å². The van der Waals surface area contributed by atoms with Crippen LogP contribution in [0, 0.1) is 12.3 Å². The zero-order chi connectivity index (χ0) is 10.2. The molecule has 0 aliphatic rings. The highest BCUT2D eigenvalue weighted by atomic mass is 14.7. The monoisotopic (exact) mass is 183 g/mol. The quantitative estimate of drug-likeness (QED) is 0.516. The van der Waals surface area contributed by atoms with Crippen LogP contribution in [0.4, 0.5) is 0 Å². The van der Waals surface area contributed by atoms with Crippen molar-refractivity contribution in [2.24, 2.45) is 0 Å². The van der Waals surface area contributed by atoms with Crippen LogP contribution in [0.5, 0.6) is 0 Å². The van der Waals surface area contributed by atoms with Crippen molar-refractivity contribution in [3.05, 3.63) is 48.0 Å². The molecule has 0 aliphatic carbocycles. The van der Waals surface area contributed by atoms with E-state index in [1.165, 1.54) is 0 Å². The molecule has 1 rings (SSSR count). The van der Waals surface area contributed by atoms with Gasteiger partial charge < -0.3 is 0 Å². The predicted molar refractivity (Wildman–Crippen MR) is 58.8 cm³/mol. The summed E-state index contributed by atoms with van der Waals surface area (Å²) in [5, 5.41) is 0. The molecule has 0 amide bonds. The largest absolute Gasteiger partial charge is 0.258 e. The highest BCUT2D eigenvalue weighted by Crippen LogP contribution is 2.03. The third kappa shape index (κ3) is 3.31. The molecule has 0 aromatic carbocycles. The minimum Gasteiger partial charge on any atom is -0.258 e. The number of aryl methyl sites for hydroxylation is 1. The Labute approximate surface area is 85.2 Å². The number of pyridine rings is 1. The predicted octanol–water partition coefficient (Wildman–Crippen LogP) is 2.53. The third-order valence-electron chi connectivity index (χ3n) is 1.85. The van der Waals surface area contributed by atoms with Crippen molar-refractivity contribution in [3.63, 3.8) is 0 Å². The number of allylic oxidation sites excluding steroid dienone is 1. The molecule has 0 unspecified atom stereocenters. The molecular formula is C13H13N. The van der Waals surface area contributed by atoms with Gasteiger partial charge in [-0.05, 0) is 18.2 Å². The van der Waals surface area contributed by atoms with E-state index in [9.17, 15) is 0 Å². The zero-order valence-electron chi connectivity index (χ0n) is 8.16. The number of rotatable bonds is 4. The molecule has 1 aromatic rings. The van der Waals surface area contributed by atoms with Gasteiger partial charge in [-0.15, -0.1) is 18.1 Å². The first-order valence-corrected chi connectivity index (χ1v) is 4.59. The lowest BCUT2D eigenvalue weighted by Crippen LogP contribution is -1.93. The Morgan fingerprint density at radius 3 is 2.93 bits per heavy atom. The molecule has 0 fully saturated rings. The molecule has 0 N–H and O–H groups in total. The van der Waals surface area contributed by atoms with E-state index in [1.807, 2.05) is 24.3 Å². The molecule has 0 spiro atoms. The Morgan fingerprint density at radius 2 is 2.21 bits per heavy atom. The Morgan fingerprint density at radius 1 is 1.43 bits per heavy atom. The highest BCUT2D eigenvalue weighted by molar-refractivity contribution is 5.14. The smallest absolute Gasteiger partial charge is 0.0450 e. The summed E-state index contributed by atoms with van der Waals surface area (Å²) in [5.74, 6) is 2.61. The summed E-state index contributed by atoms with van der Waals surface area (Å²) in [7, 11) is 0. The summed E-state index contributed by atoms with van der Waals surface area (Å²) in [6.45, 7) is 3.51. The van der Waals surface area contributed by atoms with Gasteiger partial charge in [0.1, 0.15) is 0 Å². The molecule has 0 saturated heterocycles. The SMILES string of the molecule is C#CCCc1cccc(CC=C=C)n1. The van der Waals surface area contributed by atoms with Gasteiger partial charge in [0.05, 0.1) is 0 Å². The van der Waals surface area contributed by atoms with Crippen molar-refractivity contribution in [2.45, 2.75) is 19.3 Å². The van der Waals surface area contributed by atoms with Gasteiger partial charge in [0.15, 0.2) is 0 Å². The normalized spacial score (nSPS) is 8.79. The van der Waals surface area contributed by atoms with E-state index >= 15 is 0 Å². The van der Waals surface area contributed by atoms with Gasteiger partial charge in [-0.2, -0.15) is 0 Å². The van der Waals surface area contributed by atoms with Crippen LogP contribution in [0.25, 0.3) is 0 Å². The van der Waals surface area contributed by atoms with Gasteiger partial charge in [-0.3, -0.25) is 4.98 Å². The first kappa shape index (κ1) is 10.3. The molecule has 0 bridgehead atoms. The molecule has 0 aliphatic heterocycles. The molecule has 1 aromatic heterocycles. The lowest BCUT2D eigenvalue weighted by molar-refractivity contribution is 0.933. The first-order chi connectivity index (χ1) is 6.86. The van der Waals surface area contributed by atoms with E-state index in [0.29, 0.717) is 0 Å². The van der Waals surface area contributed by atoms with Crippen LogP contribution in [-0.2, 0) is 12.8 Å². The fourth-order valence-corrected chi connectivity index (χ4v) is 1.16.